The molecule has 0 aliphatic heterocycles. The van der Waals surface area contributed by atoms with Crippen molar-refractivity contribution in [3.8, 4) is 44.5 Å². The highest BCUT2D eigenvalue weighted by atomic mass is 16.3. The molecule has 0 aliphatic carbocycles. The van der Waals surface area contributed by atoms with Gasteiger partial charge in [0.1, 0.15) is 11.2 Å². The van der Waals surface area contributed by atoms with E-state index in [-0.39, 0.29) is 0 Å². The fraction of sp³-hybridized carbons (Fsp3) is 0. The topological polar surface area (TPSA) is 16.4 Å². The van der Waals surface area contributed by atoms with Crippen LogP contribution in [0.3, 0.4) is 0 Å². The largest absolute Gasteiger partial charge is 0.456 e. The lowest BCUT2D eigenvalue weighted by Crippen LogP contribution is -2.10. The van der Waals surface area contributed by atoms with E-state index in [0.717, 1.165) is 39.0 Å². The van der Waals surface area contributed by atoms with Crippen LogP contribution in [0.5, 0.6) is 0 Å². The van der Waals surface area contributed by atoms with Crippen LogP contribution in [0.25, 0.3) is 77.2 Å². The third-order valence-corrected chi connectivity index (χ3v) is 10.5. The summed E-state index contributed by atoms with van der Waals surface area (Å²) in [5.74, 6) is 0. The predicted molar refractivity (Wildman–Crippen MR) is 228 cm³/mol. The molecule has 1 aromatic heterocycles. The zero-order valence-electron chi connectivity index (χ0n) is 29.6. The Morgan fingerprint density at radius 3 is 1.44 bits per heavy atom. The maximum absolute atomic E-state index is 6.51. The summed E-state index contributed by atoms with van der Waals surface area (Å²) < 4.78 is 6.51. The summed E-state index contributed by atoms with van der Waals surface area (Å²) >= 11 is 0. The molecule has 0 saturated carbocycles. The second-order valence-electron chi connectivity index (χ2n) is 13.7. The number of rotatable bonds is 7. The maximum Gasteiger partial charge on any atom is 0.136 e. The molecule has 0 saturated heterocycles. The smallest absolute Gasteiger partial charge is 0.136 e. The van der Waals surface area contributed by atoms with Gasteiger partial charge in [-0.05, 0) is 104 Å². The van der Waals surface area contributed by atoms with Crippen molar-refractivity contribution in [2.75, 3.05) is 4.90 Å². The van der Waals surface area contributed by atoms with Crippen molar-refractivity contribution in [3.63, 3.8) is 0 Å². The molecular weight excluding hydrogens is 655 g/mol. The van der Waals surface area contributed by atoms with Crippen molar-refractivity contribution >= 4 is 49.8 Å². The highest BCUT2D eigenvalue weighted by Gasteiger charge is 2.18. The van der Waals surface area contributed by atoms with Crippen molar-refractivity contribution in [1.29, 1.82) is 0 Å². The normalized spacial score (nSPS) is 11.3. The molecule has 0 spiro atoms. The van der Waals surface area contributed by atoms with E-state index < -0.39 is 0 Å². The molecule has 1 heterocycles. The van der Waals surface area contributed by atoms with E-state index >= 15 is 0 Å². The van der Waals surface area contributed by atoms with Crippen LogP contribution in [0.2, 0.25) is 0 Å². The number of anilines is 3. The van der Waals surface area contributed by atoms with Crippen molar-refractivity contribution in [3.05, 3.63) is 212 Å². The fourth-order valence-corrected chi connectivity index (χ4v) is 7.82. The molecule has 0 amide bonds. The second-order valence-corrected chi connectivity index (χ2v) is 13.7. The molecule has 0 atom stereocenters. The Morgan fingerprint density at radius 1 is 0.278 bits per heavy atom. The second kappa shape index (κ2) is 13.4. The Bertz CT molecular complexity index is 2890. The summed E-state index contributed by atoms with van der Waals surface area (Å²) in [5.41, 5.74) is 14.6. The van der Waals surface area contributed by atoms with Gasteiger partial charge in [0, 0.05) is 27.8 Å². The molecule has 0 radical (unpaired) electrons. The van der Waals surface area contributed by atoms with Crippen molar-refractivity contribution < 1.29 is 4.42 Å². The van der Waals surface area contributed by atoms with Gasteiger partial charge in [-0.3, -0.25) is 0 Å². The first-order valence-corrected chi connectivity index (χ1v) is 18.4. The van der Waals surface area contributed by atoms with Gasteiger partial charge in [0.05, 0.1) is 0 Å². The van der Waals surface area contributed by atoms with Crippen LogP contribution in [0, 0.1) is 0 Å². The first-order chi connectivity index (χ1) is 26.8. The number of hydrogen-bond acceptors (Lipinski definition) is 2. The van der Waals surface area contributed by atoms with E-state index in [1.54, 1.807) is 0 Å². The molecule has 0 unspecified atom stereocenters. The van der Waals surface area contributed by atoms with Crippen molar-refractivity contribution in [2.24, 2.45) is 0 Å². The molecule has 0 fully saturated rings. The van der Waals surface area contributed by atoms with Gasteiger partial charge in [0.2, 0.25) is 0 Å². The molecule has 254 valence electrons. The average molecular weight is 690 g/mol. The van der Waals surface area contributed by atoms with Crippen LogP contribution in [-0.2, 0) is 0 Å². The van der Waals surface area contributed by atoms with Gasteiger partial charge >= 0.3 is 0 Å². The standard InChI is InChI=1S/C52H35NO/c1-4-12-36(13-5-1)38-22-24-39(25-23-38)40-26-28-43(29-27-40)53(44-19-10-18-42(34-44)37-14-6-2-7-15-37)45-30-32-50-49(35-45)52-48-21-11-20-46(41-16-8-3-9-17-41)47(48)31-33-51(52)54-50/h1-35H. The fourth-order valence-electron chi connectivity index (χ4n) is 7.82. The van der Waals surface area contributed by atoms with Gasteiger partial charge in [0.25, 0.3) is 0 Å². The van der Waals surface area contributed by atoms with Gasteiger partial charge in [-0.2, -0.15) is 0 Å². The molecular formula is C52H35NO. The van der Waals surface area contributed by atoms with E-state index in [4.69, 9.17) is 4.42 Å². The lowest BCUT2D eigenvalue weighted by molar-refractivity contribution is 0.669. The Morgan fingerprint density at radius 2 is 0.778 bits per heavy atom. The van der Waals surface area contributed by atoms with Crippen molar-refractivity contribution in [2.45, 2.75) is 0 Å². The zero-order valence-corrected chi connectivity index (χ0v) is 29.6. The van der Waals surface area contributed by atoms with Gasteiger partial charge in [0.15, 0.2) is 0 Å². The molecule has 0 aliphatic rings. The summed E-state index contributed by atoms with van der Waals surface area (Å²) in [6.45, 7) is 0. The van der Waals surface area contributed by atoms with Crippen LogP contribution in [-0.4, -0.2) is 0 Å². The van der Waals surface area contributed by atoms with Gasteiger partial charge in [-0.1, -0.05) is 164 Å². The van der Waals surface area contributed by atoms with E-state index in [1.165, 1.54) is 55.3 Å². The molecule has 0 N–H and O–H groups in total. The number of nitrogens with zero attached hydrogens (tertiary/aromatic N) is 1. The monoisotopic (exact) mass is 689 g/mol. The molecule has 9 aromatic carbocycles. The van der Waals surface area contributed by atoms with Crippen LogP contribution in [0.4, 0.5) is 17.1 Å². The van der Waals surface area contributed by atoms with Crippen molar-refractivity contribution in [1.82, 2.24) is 0 Å². The quantitative estimate of drug-likeness (QED) is 0.166. The van der Waals surface area contributed by atoms with E-state index in [2.05, 4.69) is 217 Å². The third-order valence-electron chi connectivity index (χ3n) is 10.5. The summed E-state index contributed by atoms with van der Waals surface area (Å²) in [6.07, 6.45) is 0. The van der Waals surface area contributed by atoms with E-state index in [9.17, 15) is 0 Å². The van der Waals surface area contributed by atoms with Crippen LogP contribution >= 0.6 is 0 Å². The summed E-state index contributed by atoms with van der Waals surface area (Å²) in [7, 11) is 0. The molecule has 54 heavy (non-hydrogen) atoms. The lowest BCUT2D eigenvalue weighted by Gasteiger charge is -2.26. The van der Waals surface area contributed by atoms with Crippen LogP contribution < -0.4 is 4.90 Å². The van der Waals surface area contributed by atoms with Gasteiger partial charge < -0.3 is 9.32 Å². The minimum atomic E-state index is 0.874. The molecule has 2 nitrogen and oxygen atoms in total. The number of furan rings is 1. The number of hydrogen-bond donors (Lipinski definition) is 0. The SMILES string of the molecule is c1ccc(-c2ccc(-c3ccc(N(c4cccc(-c5ccccc5)c4)c4ccc5oc6ccc7c(-c8ccccc8)cccc7c6c5c4)cc3)cc2)cc1. The maximum atomic E-state index is 6.51. The first-order valence-electron chi connectivity index (χ1n) is 18.4. The Kier molecular flexibility index (Phi) is 7.85. The average Bonchev–Trinajstić information content (AvgIpc) is 3.64. The Balaban J connectivity index is 1.11. The molecule has 10 rings (SSSR count). The van der Waals surface area contributed by atoms with Gasteiger partial charge in [-0.25, -0.2) is 0 Å². The van der Waals surface area contributed by atoms with Crippen LogP contribution in [0.15, 0.2) is 217 Å². The summed E-state index contributed by atoms with van der Waals surface area (Å²) in [6, 6.07) is 75.8. The van der Waals surface area contributed by atoms with E-state index in [0.29, 0.717) is 0 Å². The highest BCUT2D eigenvalue weighted by Crippen LogP contribution is 2.43. The summed E-state index contributed by atoms with van der Waals surface area (Å²) in [5, 5.41) is 4.63. The Labute approximate surface area is 314 Å². The number of benzene rings is 9. The van der Waals surface area contributed by atoms with Gasteiger partial charge in [-0.15, -0.1) is 0 Å². The number of fused-ring (bicyclic) bond motifs is 5. The van der Waals surface area contributed by atoms with Crippen LogP contribution in [0.1, 0.15) is 0 Å². The summed E-state index contributed by atoms with van der Waals surface area (Å²) in [4.78, 5) is 2.35. The lowest BCUT2D eigenvalue weighted by atomic mass is 9.95. The Hall–Kier alpha value is -7.16. The first kappa shape index (κ1) is 31.6. The molecule has 2 heteroatoms. The third kappa shape index (κ3) is 5.71. The zero-order chi connectivity index (χ0) is 35.8. The minimum Gasteiger partial charge on any atom is -0.456 e. The molecule has 10 aromatic rings. The minimum absolute atomic E-state index is 0.874. The predicted octanol–water partition coefficient (Wildman–Crippen LogP) is 14.9. The molecule has 0 bridgehead atoms. The highest BCUT2D eigenvalue weighted by molar-refractivity contribution is 6.21. The van der Waals surface area contributed by atoms with E-state index in [1.807, 2.05) is 0 Å².